The third kappa shape index (κ3) is 3.82. The predicted octanol–water partition coefficient (Wildman–Crippen LogP) is 2.77. The number of Topliss-reactive ketones (excluding diaryl/α,β-unsaturated/α-hetero) is 1. The van der Waals surface area contributed by atoms with Crippen molar-refractivity contribution in [2.24, 2.45) is 0 Å². The zero-order chi connectivity index (χ0) is 14.5. The number of ether oxygens (including phenoxy) is 1. The van der Waals surface area contributed by atoms with Crippen LogP contribution in [0.2, 0.25) is 0 Å². The number of phenolic OH excluding ortho intramolecular Hbond substituents is 2. The van der Waals surface area contributed by atoms with Crippen LogP contribution in [-0.4, -0.2) is 28.6 Å². The Balaban J connectivity index is 0.00000220. The van der Waals surface area contributed by atoms with E-state index in [-0.39, 0.29) is 30.1 Å². The summed E-state index contributed by atoms with van der Waals surface area (Å²) in [4.78, 5) is 23.5. The Morgan fingerprint density at radius 2 is 1.33 bits per heavy atom. The normalized spacial score (nSPS) is 9.52. The molecule has 0 aliphatic carbocycles. The van der Waals surface area contributed by atoms with E-state index in [1.807, 2.05) is 0 Å². The molecular weight excluding hydrogens is 272 g/mol. The lowest BCUT2D eigenvalue weighted by Gasteiger charge is -2.06. The second-order valence-corrected chi connectivity index (χ2v) is 4.03. The molecule has 21 heavy (non-hydrogen) atoms. The maximum absolute atomic E-state index is 11.8. The molecule has 0 atom stereocenters. The highest BCUT2D eigenvalue weighted by Crippen LogP contribution is 2.18. The molecule has 0 aromatic heterocycles. The fourth-order valence-electron chi connectivity index (χ4n) is 1.64. The third-order valence-electron chi connectivity index (χ3n) is 2.66. The van der Waals surface area contributed by atoms with Gasteiger partial charge in [0.2, 0.25) is 5.78 Å². The van der Waals surface area contributed by atoms with Gasteiger partial charge < -0.3 is 14.9 Å². The minimum Gasteiger partial charge on any atom is -0.507 e. The van der Waals surface area contributed by atoms with Crippen LogP contribution in [0.25, 0.3) is 0 Å². The number of phenols is 2. The molecule has 0 fully saturated rings. The van der Waals surface area contributed by atoms with E-state index in [2.05, 4.69) is 0 Å². The summed E-state index contributed by atoms with van der Waals surface area (Å²) in [6, 6.07) is 11.9. The van der Waals surface area contributed by atoms with Crippen molar-refractivity contribution in [1.82, 2.24) is 0 Å². The number of aromatic hydroxyl groups is 2. The summed E-state index contributed by atoms with van der Waals surface area (Å²) in [5, 5.41) is 19.0. The molecule has 0 radical (unpaired) electrons. The average molecular weight is 288 g/mol. The number of para-hydroxylation sites is 2. The van der Waals surface area contributed by atoms with E-state index in [0.717, 1.165) is 0 Å². The van der Waals surface area contributed by atoms with Crippen molar-refractivity contribution in [3.8, 4) is 11.5 Å². The quantitative estimate of drug-likeness (QED) is 0.667. The fraction of sp³-hybridized carbons (Fsp3) is 0.125. The monoisotopic (exact) mass is 288 g/mol. The van der Waals surface area contributed by atoms with Gasteiger partial charge in [0.15, 0.2) is 6.61 Å². The van der Waals surface area contributed by atoms with E-state index in [0.29, 0.717) is 0 Å². The lowest BCUT2D eigenvalue weighted by Crippen LogP contribution is -2.14. The third-order valence-corrected chi connectivity index (χ3v) is 2.66. The Labute approximate surface area is 122 Å². The molecular formula is C16H16O5. The summed E-state index contributed by atoms with van der Waals surface area (Å²) in [6.07, 6.45) is 0. The molecule has 110 valence electrons. The zero-order valence-electron chi connectivity index (χ0n) is 10.4. The Kier molecular flexibility index (Phi) is 5.48. The second-order valence-electron chi connectivity index (χ2n) is 4.03. The summed E-state index contributed by atoms with van der Waals surface area (Å²) in [5.74, 6) is -1.71. The van der Waals surface area contributed by atoms with E-state index in [9.17, 15) is 19.8 Å². The first-order valence-electron chi connectivity index (χ1n) is 5.86. The highest BCUT2D eigenvalue weighted by molar-refractivity contribution is 6.01. The number of hydrogen-bond acceptors (Lipinski definition) is 5. The van der Waals surface area contributed by atoms with Crippen LogP contribution < -0.4 is 0 Å². The van der Waals surface area contributed by atoms with Crippen molar-refractivity contribution >= 4 is 11.8 Å². The van der Waals surface area contributed by atoms with Gasteiger partial charge in [-0.3, -0.25) is 4.79 Å². The lowest BCUT2D eigenvalue weighted by atomic mass is 10.1. The van der Waals surface area contributed by atoms with Gasteiger partial charge in [-0.15, -0.1) is 0 Å². The molecule has 2 aromatic carbocycles. The fourth-order valence-corrected chi connectivity index (χ4v) is 1.64. The number of carbonyl (C=O) groups excluding carboxylic acids is 2. The van der Waals surface area contributed by atoms with Crippen molar-refractivity contribution in [2.45, 2.75) is 7.43 Å². The minimum absolute atomic E-state index is 0. The van der Waals surface area contributed by atoms with Gasteiger partial charge in [0.05, 0.1) is 5.56 Å². The maximum atomic E-state index is 11.8. The number of benzene rings is 2. The highest BCUT2D eigenvalue weighted by atomic mass is 16.5. The summed E-state index contributed by atoms with van der Waals surface area (Å²) in [7, 11) is 0. The molecule has 0 amide bonds. The Morgan fingerprint density at radius 1 is 0.857 bits per heavy atom. The van der Waals surface area contributed by atoms with E-state index < -0.39 is 18.4 Å². The Bertz CT molecular complexity index is 591. The highest BCUT2D eigenvalue weighted by Gasteiger charge is 2.16. The zero-order valence-corrected chi connectivity index (χ0v) is 10.4. The first kappa shape index (κ1) is 16.2. The molecule has 0 unspecified atom stereocenters. The first-order chi connectivity index (χ1) is 9.59. The molecule has 0 heterocycles. The van der Waals surface area contributed by atoms with E-state index >= 15 is 0 Å². The first-order valence-corrected chi connectivity index (χ1v) is 5.86. The van der Waals surface area contributed by atoms with Crippen LogP contribution in [0.3, 0.4) is 0 Å². The van der Waals surface area contributed by atoms with E-state index in [1.165, 1.54) is 24.3 Å². The molecule has 0 aliphatic heterocycles. The smallest absolute Gasteiger partial charge is 0.342 e. The summed E-state index contributed by atoms with van der Waals surface area (Å²) in [5.41, 5.74) is 0.0650. The van der Waals surface area contributed by atoms with Gasteiger partial charge in [0, 0.05) is 0 Å². The van der Waals surface area contributed by atoms with Crippen LogP contribution in [0.1, 0.15) is 28.1 Å². The van der Waals surface area contributed by atoms with Gasteiger partial charge >= 0.3 is 5.97 Å². The molecule has 5 nitrogen and oxygen atoms in total. The molecule has 2 rings (SSSR count). The maximum Gasteiger partial charge on any atom is 0.342 e. The van der Waals surface area contributed by atoms with Crippen LogP contribution >= 0.6 is 0 Å². The SMILES string of the molecule is C.O=C(COC(=O)c1ccccc1O)c1ccccc1O. The molecule has 0 saturated carbocycles. The number of rotatable bonds is 4. The largest absolute Gasteiger partial charge is 0.507 e. The van der Waals surface area contributed by atoms with Crippen molar-refractivity contribution < 1.29 is 24.5 Å². The molecule has 5 heteroatoms. The van der Waals surface area contributed by atoms with Crippen LogP contribution in [0.15, 0.2) is 48.5 Å². The van der Waals surface area contributed by atoms with Crippen LogP contribution in [0.4, 0.5) is 0 Å². The minimum atomic E-state index is -0.799. The summed E-state index contributed by atoms with van der Waals surface area (Å²) < 4.78 is 4.82. The molecule has 2 N–H and O–H groups in total. The summed E-state index contributed by atoms with van der Waals surface area (Å²) in [6.45, 7) is -0.509. The van der Waals surface area contributed by atoms with Gasteiger partial charge in [0.25, 0.3) is 0 Å². The van der Waals surface area contributed by atoms with Crippen LogP contribution in [0, 0.1) is 0 Å². The van der Waals surface area contributed by atoms with E-state index in [1.54, 1.807) is 24.3 Å². The Hall–Kier alpha value is -2.82. The molecule has 0 spiro atoms. The predicted molar refractivity (Wildman–Crippen MR) is 77.6 cm³/mol. The van der Waals surface area contributed by atoms with Gasteiger partial charge in [-0.1, -0.05) is 31.7 Å². The van der Waals surface area contributed by atoms with Crippen LogP contribution in [-0.2, 0) is 4.74 Å². The van der Waals surface area contributed by atoms with Gasteiger partial charge in [-0.25, -0.2) is 4.79 Å². The topological polar surface area (TPSA) is 83.8 Å². The van der Waals surface area contributed by atoms with Crippen molar-refractivity contribution in [2.75, 3.05) is 6.61 Å². The number of esters is 1. The van der Waals surface area contributed by atoms with Crippen molar-refractivity contribution in [3.05, 3.63) is 59.7 Å². The average Bonchev–Trinajstić information content (AvgIpc) is 2.45. The summed E-state index contributed by atoms with van der Waals surface area (Å²) >= 11 is 0. The lowest BCUT2D eigenvalue weighted by molar-refractivity contribution is 0.0471. The van der Waals surface area contributed by atoms with E-state index in [4.69, 9.17) is 4.74 Å². The van der Waals surface area contributed by atoms with Crippen LogP contribution in [0.5, 0.6) is 11.5 Å². The molecule has 0 aliphatic rings. The second kappa shape index (κ2) is 7.09. The number of carbonyl (C=O) groups is 2. The van der Waals surface area contributed by atoms with Gasteiger partial charge in [-0.05, 0) is 24.3 Å². The number of hydrogen-bond donors (Lipinski definition) is 2. The standard InChI is InChI=1S/C15H12O5.CH4/c16-12-7-3-1-5-10(12)14(18)9-20-15(19)11-6-2-4-8-13(11)17;/h1-8,16-17H,9H2;1H4. The molecule has 0 saturated heterocycles. The Morgan fingerprint density at radius 3 is 1.86 bits per heavy atom. The van der Waals surface area contributed by atoms with Crippen molar-refractivity contribution in [1.29, 1.82) is 0 Å². The van der Waals surface area contributed by atoms with Gasteiger partial charge in [-0.2, -0.15) is 0 Å². The van der Waals surface area contributed by atoms with Crippen molar-refractivity contribution in [3.63, 3.8) is 0 Å². The molecule has 2 aromatic rings. The number of ketones is 1. The molecule has 0 bridgehead atoms. The van der Waals surface area contributed by atoms with Gasteiger partial charge in [0.1, 0.15) is 17.1 Å².